The summed E-state index contributed by atoms with van der Waals surface area (Å²) in [5, 5.41) is 1.15. The Bertz CT molecular complexity index is 385. The third-order valence-electron chi connectivity index (χ3n) is 2.38. The van der Waals surface area contributed by atoms with Crippen molar-refractivity contribution in [3.05, 3.63) is 33.3 Å². The van der Waals surface area contributed by atoms with Crippen LogP contribution in [-0.4, -0.2) is 5.78 Å². The molecule has 1 nitrogen and oxygen atoms in total. The largest absolute Gasteiger partial charge is 0.294 e. The molecule has 0 aliphatic heterocycles. The molecule has 1 aliphatic rings. The number of carbonyl (C=O) groups is 1. The first-order chi connectivity index (χ1) is 6.09. The highest BCUT2D eigenvalue weighted by atomic mass is 35.5. The quantitative estimate of drug-likeness (QED) is 0.645. The fourth-order valence-corrected chi connectivity index (χ4v) is 2.49. The molecule has 0 aromatic heterocycles. The Kier molecular flexibility index (Phi) is 2.09. The molecule has 1 aromatic rings. The van der Waals surface area contributed by atoms with Gasteiger partial charge in [-0.15, -0.1) is 0 Å². The highest BCUT2D eigenvalue weighted by Gasteiger charge is 2.28. The fourth-order valence-electron chi connectivity index (χ4n) is 1.81. The lowest BCUT2D eigenvalue weighted by Crippen LogP contribution is -1.90. The van der Waals surface area contributed by atoms with Crippen LogP contribution in [0, 0.1) is 0 Å². The van der Waals surface area contributed by atoms with Gasteiger partial charge in [0.2, 0.25) is 0 Å². The summed E-state index contributed by atoms with van der Waals surface area (Å²) in [4.78, 5) is 11.5. The van der Waals surface area contributed by atoms with Crippen LogP contribution in [0.5, 0.6) is 0 Å². The monoisotopic (exact) mass is 214 g/mol. The number of fused-ring (bicyclic) bond motifs is 1. The van der Waals surface area contributed by atoms with Crippen LogP contribution in [-0.2, 0) is 0 Å². The predicted molar refractivity (Wildman–Crippen MR) is 53.8 cm³/mol. The third kappa shape index (κ3) is 1.36. The molecule has 0 unspecified atom stereocenters. The number of benzene rings is 1. The Morgan fingerprint density at radius 2 is 2.08 bits per heavy atom. The first-order valence-electron chi connectivity index (χ1n) is 4.11. The number of carbonyl (C=O) groups excluding carboxylic acids is 1. The molecular formula is C10H8Cl2O. The van der Waals surface area contributed by atoms with Crippen molar-refractivity contribution in [2.75, 3.05) is 0 Å². The van der Waals surface area contributed by atoms with Crippen molar-refractivity contribution in [3.8, 4) is 0 Å². The smallest absolute Gasteiger partial charge is 0.163 e. The van der Waals surface area contributed by atoms with Gasteiger partial charge in [0.15, 0.2) is 5.78 Å². The maximum atomic E-state index is 11.5. The van der Waals surface area contributed by atoms with Crippen molar-refractivity contribution in [2.24, 2.45) is 0 Å². The van der Waals surface area contributed by atoms with Crippen molar-refractivity contribution in [3.63, 3.8) is 0 Å². The van der Waals surface area contributed by atoms with Crippen LogP contribution < -0.4 is 0 Å². The first-order valence-corrected chi connectivity index (χ1v) is 4.87. The van der Waals surface area contributed by atoms with E-state index in [0.29, 0.717) is 22.0 Å². The minimum atomic E-state index is 0.145. The molecule has 1 atom stereocenters. The van der Waals surface area contributed by atoms with E-state index in [1.165, 1.54) is 0 Å². The van der Waals surface area contributed by atoms with E-state index in [1.807, 2.05) is 6.92 Å². The second-order valence-corrected chi connectivity index (χ2v) is 4.22. The van der Waals surface area contributed by atoms with Crippen molar-refractivity contribution < 1.29 is 4.79 Å². The van der Waals surface area contributed by atoms with Gasteiger partial charge in [0, 0.05) is 22.0 Å². The third-order valence-corrected chi connectivity index (χ3v) is 2.91. The van der Waals surface area contributed by atoms with Crippen LogP contribution in [0.4, 0.5) is 0 Å². The van der Waals surface area contributed by atoms with Crippen molar-refractivity contribution in [1.29, 1.82) is 0 Å². The average molecular weight is 215 g/mol. The van der Waals surface area contributed by atoms with Gasteiger partial charge in [0.1, 0.15) is 0 Å². The van der Waals surface area contributed by atoms with E-state index < -0.39 is 0 Å². The molecule has 0 spiro atoms. The summed E-state index contributed by atoms with van der Waals surface area (Å²) in [5.41, 5.74) is 1.65. The molecule has 0 N–H and O–H groups in total. The van der Waals surface area contributed by atoms with Gasteiger partial charge >= 0.3 is 0 Å². The summed E-state index contributed by atoms with van der Waals surface area (Å²) in [6, 6.07) is 3.39. The Balaban J connectivity index is 2.69. The minimum absolute atomic E-state index is 0.145. The molecule has 13 heavy (non-hydrogen) atoms. The number of ketones is 1. The van der Waals surface area contributed by atoms with Gasteiger partial charge in [-0.3, -0.25) is 4.79 Å². The first kappa shape index (κ1) is 9.04. The summed E-state index contributed by atoms with van der Waals surface area (Å²) < 4.78 is 0. The van der Waals surface area contributed by atoms with E-state index in [1.54, 1.807) is 12.1 Å². The number of Topliss-reactive ketones (excluding diaryl/α,β-unsaturated/α-hetero) is 1. The summed E-state index contributed by atoms with van der Waals surface area (Å²) in [5.74, 6) is 0.374. The standard InChI is InChI=1S/C10H8Cl2O/c1-5-2-9(13)7-3-6(11)4-8(12)10(5)7/h3-5H,2H2,1H3/t5-/m1/s1. The van der Waals surface area contributed by atoms with Gasteiger partial charge < -0.3 is 0 Å². The molecular weight excluding hydrogens is 207 g/mol. The summed E-state index contributed by atoms with van der Waals surface area (Å²) in [7, 11) is 0. The molecule has 0 amide bonds. The number of halogens is 2. The molecule has 0 radical (unpaired) electrons. The van der Waals surface area contributed by atoms with E-state index in [-0.39, 0.29) is 11.7 Å². The lowest BCUT2D eigenvalue weighted by atomic mass is 10.0. The van der Waals surface area contributed by atoms with Gasteiger partial charge in [-0.2, -0.15) is 0 Å². The molecule has 1 aliphatic carbocycles. The number of hydrogen-bond acceptors (Lipinski definition) is 1. The van der Waals surface area contributed by atoms with E-state index in [9.17, 15) is 4.79 Å². The van der Waals surface area contributed by atoms with E-state index in [0.717, 1.165) is 5.56 Å². The van der Waals surface area contributed by atoms with Crippen molar-refractivity contribution >= 4 is 29.0 Å². The maximum absolute atomic E-state index is 11.5. The predicted octanol–water partition coefficient (Wildman–Crippen LogP) is 3.68. The number of rotatable bonds is 0. The zero-order chi connectivity index (χ0) is 9.59. The normalized spacial score (nSPS) is 20.5. The molecule has 3 heteroatoms. The van der Waals surface area contributed by atoms with Crippen molar-refractivity contribution in [1.82, 2.24) is 0 Å². The van der Waals surface area contributed by atoms with Gasteiger partial charge in [-0.1, -0.05) is 30.1 Å². The maximum Gasteiger partial charge on any atom is 0.163 e. The zero-order valence-electron chi connectivity index (χ0n) is 7.10. The second-order valence-electron chi connectivity index (χ2n) is 3.38. The Morgan fingerprint density at radius 3 is 2.77 bits per heavy atom. The Labute approximate surface area is 86.7 Å². The average Bonchev–Trinajstić information content (AvgIpc) is 2.27. The van der Waals surface area contributed by atoms with Crippen LogP contribution in [0.15, 0.2) is 12.1 Å². The minimum Gasteiger partial charge on any atom is -0.294 e. The topological polar surface area (TPSA) is 17.1 Å². The summed E-state index contributed by atoms with van der Waals surface area (Å²) in [6.07, 6.45) is 0.551. The lowest BCUT2D eigenvalue weighted by molar-refractivity contribution is 0.0990. The molecule has 0 saturated heterocycles. The van der Waals surface area contributed by atoms with E-state index >= 15 is 0 Å². The molecule has 2 rings (SSSR count). The molecule has 1 aromatic carbocycles. The molecule has 0 saturated carbocycles. The molecule has 0 bridgehead atoms. The highest BCUT2D eigenvalue weighted by molar-refractivity contribution is 6.36. The Morgan fingerprint density at radius 1 is 1.38 bits per heavy atom. The summed E-state index contributed by atoms with van der Waals surface area (Å²) in [6.45, 7) is 2.00. The second kappa shape index (κ2) is 3.00. The van der Waals surface area contributed by atoms with Crippen LogP contribution >= 0.6 is 23.2 Å². The summed E-state index contributed by atoms with van der Waals surface area (Å²) >= 11 is 11.8. The van der Waals surface area contributed by atoms with Crippen molar-refractivity contribution in [2.45, 2.75) is 19.3 Å². The van der Waals surface area contributed by atoms with Crippen LogP contribution in [0.3, 0.4) is 0 Å². The van der Waals surface area contributed by atoms with Crippen LogP contribution in [0.2, 0.25) is 10.0 Å². The van der Waals surface area contributed by atoms with Crippen LogP contribution in [0.25, 0.3) is 0 Å². The van der Waals surface area contributed by atoms with Crippen LogP contribution in [0.1, 0.15) is 35.2 Å². The van der Waals surface area contributed by atoms with E-state index in [2.05, 4.69) is 0 Å². The van der Waals surface area contributed by atoms with Gasteiger partial charge in [-0.05, 0) is 23.6 Å². The van der Waals surface area contributed by atoms with Gasteiger partial charge in [0.25, 0.3) is 0 Å². The fraction of sp³-hybridized carbons (Fsp3) is 0.300. The van der Waals surface area contributed by atoms with E-state index in [4.69, 9.17) is 23.2 Å². The highest BCUT2D eigenvalue weighted by Crippen LogP contribution is 2.39. The lowest BCUT2D eigenvalue weighted by Gasteiger charge is -2.05. The Hall–Kier alpha value is -0.530. The van der Waals surface area contributed by atoms with Gasteiger partial charge in [-0.25, -0.2) is 0 Å². The molecule has 0 fully saturated rings. The zero-order valence-corrected chi connectivity index (χ0v) is 8.62. The number of hydrogen-bond donors (Lipinski definition) is 0. The SMILES string of the molecule is C[C@@H]1CC(=O)c2cc(Cl)cc(Cl)c21. The molecule has 68 valence electrons. The molecule has 0 heterocycles. The van der Waals surface area contributed by atoms with Gasteiger partial charge in [0.05, 0.1) is 0 Å².